The number of hydrogen-bond donors (Lipinski definition) is 5. The Morgan fingerprint density at radius 3 is 2.52 bits per heavy atom. The molecule has 2 unspecified atom stereocenters. The number of carbonyl (C=O) groups excluding carboxylic acids is 4. The number of nitrogens with one attached hydrogen (secondary N) is 4. The molecular formula is C21H27N6O4. The second-order valence-corrected chi connectivity index (χ2v) is 6.92. The van der Waals surface area contributed by atoms with Gasteiger partial charge in [-0.05, 0) is 18.5 Å². The summed E-state index contributed by atoms with van der Waals surface area (Å²) >= 11 is 0. The standard InChI is InChI=1S/C21H27N6O4/c22-8-4-7-19(29)24-12-20(30)27-18(9-15-5-2-1-3-6-15)21(31)26-17(13-28)10-16-11-23-14-25-16/h1-3,5-6,11,14,17-18H,4,7-10,12,22H2,(H,23,25)(H,24,29)(H,26,31)(H,27,30). The van der Waals surface area contributed by atoms with Crippen molar-refractivity contribution >= 4 is 24.0 Å². The lowest BCUT2D eigenvalue weighted by molar-refractivity contribution is -0.130. The van der Waals surface area contributed by atoms with Gasteiger partial charge < -0.3 is 26.7 Å². The fraction of sp³-hybridized carbons (Fsp3) is 0.381. The summed E-state index contributed by atoms with van der Waals surface area (Å²) < 4.78 is 0. The van der Waals surface area contributed by atoms with E-state index in [2.05, 4.69) is 25.9 Å². The van der Waals surface area contributed by atoms with E-state index < -0.39 is 23.9 Å². The van der Waals surface area contributed by atoms with Crippen molar-refractivity contribution in [2.45, 2.75) is 37.8 Å². The van der Waals surface area contributed by atoms with Gasteiger partial charge in [0.2, 0.25) is 24.0 Å². The highest BCUT2D eigenvalue weighted by molar-refractivity contribution is 5.91. The first-order chi connectivity index (χ1) is 15.0. The highest BCUT2D eigenvalue weighted by atomic mass is 16.2. The van der Waals surface area contributed by atoms with E-state index in [4.69, 9.17) is 5.73 Å². The maximum Gasteiger partial charge on any atom is 0.243 e. The SMILES string of the molecule is NCCCC(=O)NCC(=O)NC(Cc1ccccc1)C(=O)NC([C]=O)Cc1c[nH]cn1. The fourth-order valence-electron chi connectivity index (χ4n) is 2.84. The van der Waals surface area contributed by atoms with Gasteiger partial charge in [-0.3, -0.25) is 19.2 Å². The highest BCUT2D eigenvalue weighted by Gasteiger charge is 2.24. The van der Waals surface area contributed by atoms with Gasteiger partial charge in [0, 0.05) is 25.5 Å². The van der Waals surface area contributed by atoms with Crippen LogP contribution in [-0.2, 0) is 32.0 Å². The van der Waals surface area contributed by atoms with Crippen LogP contribution in [0.25, 0.3) is 0 Å². The summed E-state index contributed by atoms with van der Waals surface area (Å²) in [6, 6.07) is 7.29. The van der Waals surface area contributed by atoms with E-state index in [1.807, 2.05) is 30.3 Å². The molecule has 0 spiro atoms. The number of amides is 3. The van der Waals surface area contributed by atoms with Gasteiger partial charge >= 0.3 is 0 Å². The summed E-state index contributed by atoms with van der Waals surface area (Å²) in [5.74, 6) is -1.34. The van der Waals surface area contributed by atoms with Crippen LogP contribution < -0.4 is 21.7 Å². The first-order valence-electron chi connectivity index (χ1n) is 9.97. The average molecular weight is 427 g/mol. The summed E-state index contributed by atoms with van der Waals surface area (Å²) in [7, 11) is 0. The van der Waals surface area contributed by atoms with Gasteiger partial charge in [0.05, 0.1) is 18.6 Å². The van der Waals surface area contributed by atoms with Crippen molar-refractivity contribution in [2.24, 2.45) is 5.73 Å². The molecule has 1 heterocycles. The van der Waals surface area contributed by atoms with Crippen molar-refractivity contribution in [1.29, 1.82) is 0 Å². The van der Waals surface area contributed by atoms with E-state index in [0.29, 0.717) is 18.7 Å². The number of H-pyrrole nitrogens is 1. The Bertz CT molecular complexity index is 841. The summed E-state index contributed by atoms with van der Waals surface area (Å²) in [4.78, 5) is 54.9. The van der Waals surface area contributed by atoms with E-state index in [9.17, 15) is 19.2 Å². The quantitative estimate of drug-likeness (QED) is 0.279. The molecule has 1 radical (unpaired) electrons. The lowest BCUT2D eigenvalue weighted by Crippen LogP contribution is -2.53. The molecule has 2 atom stereocenters. The van der Waals surface area contributed by atoms with Crippen LogP contribution in [0.15, 0.2) is 42.9 Å². The Morgan fingerprint density at radius 2 is 1.87 bits per heavy atom. The predicted molar refractivity (Wildman–Crippen MR) is 113 cm³/mol. The van der Waals surface area contributed by atoms with Gasteiger partial charge in [0.15, 0.2) is 0 Å². The molecule has 0 aliphatic rings. The number of benzene rings is 1. The predicted octanol–water partition coefficient (Wildman–Crippen LogP) is -0.871. The van der Waals surface area contributed by atoms with Crippen molar-refractivity contribution in [3.63, 3.8) is 0 Å². The molecule has 165 valence electrons. The zero-order valence-electron chi connectivity index (χ0n) is 17.1. The Kier molecular flexibility index (Phi) is 9.89. The van der Waals surface area contributed by atoms with Crippen molar-refractivity contribution in [1.82, 2.24) is 25.9 Å². The van der Waals surface area contributed by atoms with Crippen molar-refractivity contribution < 1.29 is 19.2 Å². The summed E-state index contributed by atoms with van der Waals surface area (Å²) in [6.45, 7) is 0.116. The minimum atomic E-state index is -0.939. The molecule has 6 N–H and O–H groups in total. The number of aromatic amines is 1. The third-order valence-electron chi connectivity index (χ3n) is 4.42. The van der Waals surface area contributed by atoms with Crippen LogP contribution in [0.2, 0.25) is 0 Å². The fourth-order valence-corrected chi connectivity index (χ4v) is 2.84. The second-order valence-electron chi connectivity index (χ2n) is 6.92. The van der Waals surface area contributed by atoms with Gasteiger partial charge in [-0.1, -0.05) is 30.3 Å². The topological polar surface area (TPSA) is 159 Å². The Morgan fingerprint density at radius 1 is 1.10 bits per heavy atom. The molecule has 10 heteroatoms. The second kappa shape index (κ2) is 12.9. The highest BCUT2D eigenvalue weighted by Crippen LogP contribution is 2.05. The van der Waals surface area contributed by atoms with Crippen LogP contribution in [0.1, 0.15) is 24.1 Å². The van der Waals surface area contributed by atoms with Crippen molar-refractivity contribution in [2.75, 3.05) is 13.1 Å². The van der Waals surface area contributed by atoms with Crippen LogP contribution in [0.5, 0.6) is 0 Å². The Labute approximate surface area is 180 Å². The Hall–Kier alpha value is -3.53. The number of nitrogens with two attached hydrogens (primary N) is 1. The first kappa shape index (κ1) is 23.7. The van der Waals surface area contributed by atoms with Gasteiger partial charge in [-0.2, -0.15) is 0 Å². The molecule has 2 aromatic rings. The third kappa shape index (κ3) is 8.79. The minimum Gasteiger partial charge on any atom is -0.351 e. The molecule has 1 aromatic heterocycles. The van der Waals surface area contributed by atoms with Crippen LogP contribution >= 0.6 is 0 Å². The molecular weight excluding hydrogens is 400 g/mol. The molecule has 31 heavy (non-hydrogen) atoms. The first-order valence-corrected chi connectivity index (χ1v) is 9.97. The Balaban J connectivity index is 1.99. The summed E-state index contributed by atoms with van der Waals surface area (Å²) in [5.41, 5.74) is 6.78. The molecule has 3 amide bonds. The average Bonchev–Trinajstić information content (AvgIpc) is 3.29. The largest absolute Gasteiger partial charge is 0.351 e. The van der Waals surface area contributed by atoms with Gasteiger partial charge in [-0.25, -0.2) is 4.98 Å². The molecule has 0 bridgehead atoms. The number of nitrogens with zero attached hydrogens (tertiary/aromatic N) is 1. The van der Waals surface area contributed by atoms with E-state index >= 15 is 0 Å². The minimum absolute atomic E-state index is 0.169. The number of imidazole rings is 1. The normalized spacial score (nSPS) is 12.4. The van der Waals surface area contributed by atoms with Crippen molar-refractivity contribution in [3.8, 4) is 0 Å². The molecule has 0 saturated heterocycles. The molecule has 0 aliphatic carbocycles. The zero-order valence-corrected chi connectivity index (χ0v) is 17.1. The zero-order chi connectivity index (χ0) is 22.5. The lowest BCUT2D eigenvalue weighted by atomic mass is 10.0. The van der Waals surface area contributed by atoms with Crippen LogP contribution in [-0.4, -0.2) is 59.1 Å². The maximum atomic E-state index is 12.8. The lowest BCUT2D eigenvalue weighted by Gasteiger charge is -2.21. The van der Waals surface area contributed by atoms with Gasteiger partial charge in [0.25, 0.3) is 0 Å². The summed E-state index contributed by atoms with van der Waals surface area (Å²) in [5, 5.41) is 7.71. The van der Waals surface area contributed by atoms with E-state index in [1.54, 1.807) is 12.5 Å². The van der Waals surface area contributed by atoms with E-state index in [1.165, 1.54) is 6.33 Å². The monoisotopic (exact) mass is 427 g/mol. The molecule has 2 rings (SSSR count). The maximum absolute atomic E-state index is 12.8. The molecule has 1 aromatic carbocycles. The summed E-state index contributed by atoms with van der Waals surface area (Å²) in [6.07, 6.45) is 6.01. The van der Waals surface area contributed by atoms with E-state index in [-0.39, 0.29) is 31.7 Å². The number of carbonyl (C=O) groups is 3. The smallest absolute Gasteiger partial charge is 0.243 e. The van der Waals surface area contributed by atoms with Gasteiger partial charge in [-0.15, -0.1) is 0 Å². The molecule has 10 nitrogen and oxygen atoms in total. The number of aromatic nitrogens is 2. The molecule has 0 fully saturated rings. The van der Waals surface area contributed by atoms with Gasteiger partial charge in [0.1, 0.15) is 12.1 Å². The molecule has 0 aliphatic heterocycles. The number of rotatable bonds is 13. The van der Waals surface area contributed by atoms with Crippen LogP contribution in [0.3, 0.4) is 0 Å². The van der Waals surface area contributed by atoms with E-state index in [0.717, 1.165) is 5.56 Å². The third-order valence-corrected chi connectivity index (χ3v) is 4.42. The van der Waals surface area contributed by atoms with Crippen molar-refractivity contribution in [3.05, 3.63) is 54.1 Å². The van der Waals surface area contributed by atoms with Crippen LogP contribution in [0.4, 0.5) is 0 Å². The number of hydrogen-bond acceptors (Lipinski definition) is 6. The van der Waals surface area contributed by atoms with Crippen LogP contribution in [0, 0.1) is 0 Å². The molecule has 0 saturated carbocycles.